The first-order valence-electron chi connectivity index (χ1n) is 14.2. The minimum absolute atomic E-state index is 0.101. The SMILES string of the molecule is C=CC1=C(/C=C\C)CN(C(C(=O)N2CCCC2C(=O)NCc2ccc(C(CC)CCOC)cc2)C(C)C)C1=O. The van der Waals surface area contributed by atoms with Gasteiger partial charge in [-0.25, -0.2) is 0 Å². The lowest BCUT2D eigenvalue weighted by molar-refractivity contribution is -0.147. The molecule has 3 rings (SSSR count). The van der Waals surface area contributed by atoms with E-state index in [1.54, 1.807) is 23.0 Å². The number of allylic oxidation sites excluding steroid dienone is 1. The first-order chi connectivity index (χ1) is 18.8. The van der Waals surface area contributed by atoms with Gasteiger partial charge in [0.15, 0.2) is 0 Å². The average Bonchev–Trinajstić information content (AvgIpc) is 3.53. The Hall–Kier alpha value is -3.19. The van der Waals surface area contributed by atoms with Gasteiger partial charge in [-0.15, -0.1) is 0 Å². The maximum Gasteiger partial charge on any atom is 0.255 e. The van der Waals surface area contributed by atoms with Gasteiger partial charge in [0.1, 0.15) is 12.1 Å². The molecule has 3 amide bonds. The number of nitrogens with one attached hydrogen (secondary N) is 1. The van der Waals surface area contributed by atoms with E-state index in [0.717, 1.165) is 37.0 Å². The second-order valence-corrected chi connectivity index (χ2v) is 10.8. The molecule has 0 aromatic heterocycles. The molecule has 1 N–H and O–H groups in total. The predicted molar refractivity (Wildman–Crippen MR) is 155 cm³/mol. The Kier molecular flexibility index (Phi) is 11.1. The van der Waals surface area contributed by atoms with E-state index in [0.29, 0.717) is 37.5 Å². The van der Waals surface area contributed by atoms with E-state index in [-0.39, 0.29) is 23.6 Å². The van der Waals surface area contributed by atoms with Crippen LogP contribution in [0.15, 0.2) is 60.2 Å². The van der Waals surface area contributed by atoms with Gasteiger partial charge in [-0.3, -0.25) is 14.4 Å². The Morgan fingerprint density at radius 3 is 2.54 bits per heavy atom. The standard InChI is InChI=1S/C32H45N3O4/c1-7-11-26-21-35(31(37)27(26)9-3)29(22(4)5)32(38)34-18-10-12-28(34)30(36)33-20-23-13-15-25(16-14-23)24(8-2)17-19-39-6/h7,9,11,13-16,22,24,28-29H,3,8,10,12,17-21H2,1-2,4-6H3,(H,33,36)/b11-7-. The molecule has 1 aromatic rings. The minimum atomic E-state index is -0.638. The molecule has 0 saturated carbocycles. The highest BCUT2D eigenvalue weighted by Crippen LogP contribution is 2.29. The third kappa shape index (κ3) is 7.07. The Bertz CT molecular complexity index is 1090. The summed E-state index contributed by atoms with van der Waals surface area (Å²) in [4.78, 5) is 43.6. The molecule has 2 aliphatic heterocycles. The summed E-state index contributed by atoms with van der Waals surface area (Å²) in [5, 5.41) is 3.05. The monoisotopic (exact) mass is 535 g/mol. The molecule has 39 heavy (non-hydrogen) atoms. The van der Waals surface area contributed by atoms with Gasteiger partial charge in [0.05, 0.1) is 0 Å². The average molecular weight is 536 g/mol. The van der Waals surface area contributed by atoms with E-state index in [1.165, 1.54) is 5.56 Å². The summed E-state index contributed by atoms with van der Waals surface area (Å²) < 4.78 is 5.24. The quantitative estimate of drug-likeness (QED) is 0.395. The van der Waals surface area contributed by atoms with Gasteiger partial charge in [-0.1, -0.05) is 69.8 Å². The third-order valence-corrected chi connectivity index (χ3v) is 7.89. The highest BCUT2D eigenvalue weighted by atomic mass is 16.5. The second-order valence-electron chi connectivity index (χ2n) is 10.8. The van der Waals surface area contributed by atoms with Crippen LogP contribution in [0.2, 0.25) is 0 Å². The first-order valence-corrected chi connectivity index (χ1v) is 14.2. The van der Waals surface area contributed by atoms with Crippen LogP contribution < -0.4 is 5.32 Å². The van der Waals surface area contributed by atoms with E-state index < -0.39 is 12.1 Å². The zero-order valence-electron chi connectivity index (χ0n) is 24.2. The molecule has 0 aliphatic carbocycles. The maximum absolute atomic E-state index is 13.9. The van der Waals surface area contributed by atoms with Crippen molar-refractivity contribution < 1.29 is 19.1 Å². The number of amides is 3. The lowest BCUT2D eigenvalue weighted by Crippen LogP contribution is -2.55. The number of nitrogens with zero attached hydrogens (tertiary/aromatic N) is 2. The van der Waals surface area contributed by atoms with Crippen LogP contribution in [0, 0.1) is 5.92 Å². The van der Waals surface area contributed by atoms with Crippen molar-refractivity contribution in [3.8, 4) is 0 Å². The molecule has 1 aromatic carbocycles. The molecule has 0 bridgehead atoms. The van der Waals surface area contributed by atoms with Gasteiger partial charge in [0.2, 0.25) is 11.8 Å². The van der Waals surface area contributed by atoms with E-state index >= 15 is 0 Å². The van der Waals surface area contributed by atoms with E-state index in [2.05, 4.69) is 43.1 Å². The van der Waals surface area contributed by atoms with Crippen LogP contribution in [-0.2, 0) is 25.7 Å². The molecule has 0 radical (unpaired) electrons. The fourth-order valence-corrected chi connectivity index (χ4v) is 5.75. The lowest BCUT2D eigenvalue weighted by Gasteiger charge is -2.35. The maximum atomic E-state index is 13.9. The van der Waals surface area contributed by atoms with Gasteiger partial charge in [-0.05, 0) is 61.1 Å². The van der Waals surface area contributed by atoms with Crippen LogP contribution >= 0.6 is 0 Å². The Morgan fingerprint density at radius 2 is 1.95 bits per heavy atom. The van der Waals surface area contributed by atoms with Gasteiger partial charge in [0, 0.05) is 38.9 Å². The number of carbonyl (C=O) groups is 3. The molecule has 3 atom stereocenters. The molecular weight excluding hydrogens is 490 g/mol. The summed E-state index contributed by atoms with van der Waals surface area (Å²) in [5.74, 6) is -0.134. The molecule has 1 fully saturated rings. The van der Waals surface area contributed by atoms with Crippen molar-refractivity contribution in [2.75, 3.05) is 26.8 Å². The fourth-order valence-electron chi connectivity index (χ4n) is 5.75. The van der Waals surface area contributed by atoms with Crippen molar-refractivity contribution in [2.24, 2.45) is 5.92 Å². The Balaban J connectivity index is 1.66. The highest BCUT2D eigenvalue weighted by Gasteiger charge is 2.43. The number of benzene rings is 1. The molecule has 1 saturated heterocycles. The number of hydrogen-bond donors (Lipinski definition) is 1. The smallest absolute Gasteiger partial charge is 0.255 e. The Labute approximate surface area is 234 Å². The molecule has 7 nitrogen and oxygen atoms in total. The summed E-state index contributed by atoms with van der Waals surface area (Å²) >= 11 is 0. The molecule has 2 heterocycles. The number of likely N-dealkylation sites (tertiary alicyclic amines) is 1. The topological polar surface area (TPSA) is 79.0 Å². The predicted octanol–water partition coefficient (Wildman–Crippen LogP) is 4.75. The number of rotatable bonds is 13. The van der Waals surface area contributed by atoms with E-state index in [9.17, 15) is 14.4 Å². The van der Waals surface area contributed by atoms with Crippen molar-refractivity contribution in [1.29, 1.82) is 0 Å². The molecule has 3 unspecified atom stereocenters. The van der Waals surface area contributed by atoms with E-state index in [4.69, 9.17) is 4.74 Å². The summed E-state index contributed by atoms with van der Waals surface area (Å²) in [6, 6.07) is 7.21. The highest BCUT2D eigenvalue weighted by molar-refractivity contribution is 6.03. The second kappa shape index (κ2) is 14.3. The van der Waals surface area contributed by atoms with Crippen LogP contribution in [-0.4, -0.2) is 66.4 Å². The van der Waals surface area contributed by atoms with Crippen LogP contribution in [0.4, 0.5) is 0 Å². The largest absolute Gasteiger partial charge is 0.385 e. The minimum Gasteiger partial charge on any atom is -0.385 e. The van der Waals surface area contributed by atoms with Crippen molar-refractivity contribution in [2.45, 2.75) is 77.9 Å². The van der Waals surface area contributed by atoms with Crippen LogP contribution in [0.25, 0.3) is 0 Å². The third-order valence-electron chi connectivity index (χ3n) is 7.89. The van der Waals surface area contributed by atoms with Gasteiger partial charge < -0.3 is 19.9 Å². The molecule has 212 valence electrons. The first kappa shape index (κ1) is 30.4. The Morgan fingerprint density at radius 1 is 1.23 bits per heavy atom. The van der Waals surface area contributed by atoms with E-state index in [1.807, 2.05) is 32.9 Å². The van der Waals surface area contributed by atoms with Gasteiger partial charge >= 0.3 is 0 Å². The number of methoxy groups -OCH3 is 1. The number of ether oxygens (including phenoxy) is 1. The molecular formula is C32H45N3O4. The van der Waals surface area contributed by atoms with Crippen molar-refractivity contribution in [3.05, 3.63) is 71.3 Å². The lowest BCUT2D eigenvalue weighted by atomic mass is 9.93. The summed E-state index contributed by atoms with van der Waals surface area (Å²) in [6.07, 6.45) is 8.77. The van der Waals surface area contributed by atoms with Crippen LogP contribution in [0.5, 0.6) is 0 Å². The van der Waals surface area contributed by atoms with Crippen molar-refractivity contribution in [3.63, 3.8) is 0 Å². The summed E-state index contributed by atoms with van der Waals surface area (Å²) in [7, 11) is 1.73. The zero-order chi connectivity index (χ0) is 28.5. The van der Waals surface area contributed by atoms with Gasteiger partial charge in [0.25, 0.3) is 5.91 Å². The van der Waals surface area contributed by atoms with Crippen molar-refractivity contribution >= 4 is 17.7 Å². The zero-order valence-corrected chi connectivity index (χ0v) is 24.2. The summed E-state index contributed by atoms with van der Waals surface area (Å²) in [5.41, 5.74) is 3.70. The number of hydrogen-bond acceptors (Lipinski definition) is 4. The summed E-state index contributed by atoms with van der Waals surface area (Å²) in [6.45, 7) is 13.8. The van der Waals surface area contributed by atoms with Crippen LogP contribution in [0.3, 0.4) is 0 Å². The molecule has 0 spiro atoms. The number of carbonyl (C=O) groups excluding carboxylic acids is 3. The fraction of sp³-hybridized carbons (Fsp3) is 0.531. The molecule has 7 heteroatoms. The molecule has 2 aliphatic rings. The van der Waals surface area contributed by atoms with Crippen molar-refractivity contribution in [1.82, 2.24) is 15.1 Å². The van der Waals surface area contributed by atoms with Crippen LogP contribution in [0.1, 0.15) is 70.4 Å². The van der Waals surface area contributed by atoms with Gasteiger partial charge in [-0.2, -0.15) is 0 Å². The normalized spacial score (nSPS) is 19.3.